The summed E-state index contributed by atoms with van der Waals surface area (Å²) in [6.45, 7) is 2.12. The first-order chi connectivity index (χ1) is 14.4. The zero-order chi connectivity index (χ0) is 21.0. The average Bonchev–Trinajstić information content (AvgIpc) is 3.39. The van der Waals surface area contributed by atoms with Gasteiger partial charge in [0.05, 0.1) is 17.8 Å². The largest absolute Gasteiger partial charge is 0.330 e. The number of halogens is 1. The summed E-state index contributed by atoms with van der Waals surface area (Å²) in [5, 5.41) is 7.24. The van der Waals surface area contributed by atoms with Crippen LogP contribution in [0.25, 0.3) is 0 Å². The monoisotopic (exact) mass is 404 g/mol. The van der Waals surface area contributed by atoms with E-state index >= 15 is 0 Å². The number of benzene rings is 2. The highest BCUT2D eigenvalue weighted by molar-refractivity contribution is 6.08. The van der Waals surface area contributed by atoms with Crippen molar-refractivity contribution in [3.05, 3.63) is 82.9 Å². The number of carbonyl (C=O) groups excluding carboxylic acids is 2. The maximum atomic E-state index is 14.6. The summed E-state index contributed by atoms with van der Waals surface area (Å²) in [7, 11) is 1.79. The van der Waals surface area contributed by atoms with Crippen molar-refractivity contribution in [3.63, 3.8) is 0 Å². The Bertz CT molecular complexity index is 1190. The van der Waals surface area contributed by atoms with Gasteiger partial charge in [0.25, 0.3) is 5.91 Å². The van der Waals surface area contributed by atoms with E-state index in [1.165, 1.54) is 12.1 Å². The van der Waals surface area contributed by atoms with E-state index in [1.807, 2.05) is 30.5 Å². The molecule has 2 aliphatic rings. The summed E-state index contributed by atoms with van der Waals surface area (Å²) in [5.41, 5.74) is 2.20. The number of nitrogens with zero attached hydrogens (tertiary/aromatic N) is 3. The highest BCUT2D eigenvalue weighted by Crippen LogP contribution is 2.54. The maximum absolute atomic E-state index is 14.6. The second-order valence-corrected chi connectivity index (χ2v) is 8.05. The van der Waals surface area contributed by atoms with Crippen molar-refractivity contribution in [3.8, 4) is 0 Å². The summed E-state index contributed by atoms with van der Waals surface area (Å²) in [5.74, 6) is -1.12. The summed E-state index contributed by atoms with van der Waals surface area (Å²) < 4.78 is 16.3. The predicted molar refractivity (Wildman–Crippen MR) is 109 cm³/mol. The van der Waals surface area contributed by atoms with Gasteiger partial charge in [0.2, 0.25) is 5.91 Å². The van der Waals surface area contributed by atoms with Crippen molar-refractivity contribution in [1.82, 2.24) is 14.7 Å². The molecule has 1 saturated heterocycles. The number of amides is 2. The molecule has 5 rings (SSSR count). The Morgan fingerprint density at radius 3 is 2.80 bits per heavy atom. The van der Waals surface area contributed by atoms with Gasteiger partial charge in [-0.05, 0) is 42.7 Å². The molecular formula is C23H21FN4O2. The predicted octanol–water partition coefficient (Wildman–Crippen LogP) is 3.34. The fourth-order valence-corrected chi connectivity index (χ4v) is 4.90. The lowest BCUT2D eigenvalue weighted by Crippen LogP contribution is -2.42. The molecule has 3 aromatic rings. The Hall–Kier alpha value is -3.48. The minimum Gasteiger partial charge on any atom is -0.330 e. The SMILES string of the molecule is Cc1ccc(C(=O)N2CCC3(C(=O)Nc4ccccc43)C2c2cnn(C)c2)c(F)c1. The standard InChI is InChI=1S/C23H21FN4O2/c1-14-7-8-16(18(24)11-14)21(29)28-10-9-23(20(28)15-12-25-27(2)13-15)17-5-3-4-6-19(17)26-22(23)30/h3-8,11-13,20H,9-10H2,1-2H3,(H,26,30). The van der Waals surface area contributed by atoms with Crippen LogP contribution in [0.3, 0.4) is 0 Å². The summed E-state index contributed by atoms with van der Waals surface area (Å²) in [4.78, 5) is 28.4. The minimum atomic E-state index is -0.934. The van der Waals surface area contributed by atoms with E-state index in [4.69, 9.17) is 0 Å². The Labute approximate surface area is 173 Å². The Morgan fingerprint density at radius 1 is 1.27 bits per heavy atom. The minimum absolute atomic E-state index is 0.0123. The molecule has 1 aromatic heterocycles. The number of rotatable bonds is 2. The Balaban J connectivity index is 1.66. The van der Waals surface area contributed by atoms with Gasteiger partial charge in [-0.3, -0.25) is 14.3 Å². The summed E-state index contributed by atoms with van der Waals surface area (Å²) >= 11 is 0. The van der Waals surface area contributed by atoms with Gasteiger partial charge in [-0.1, -0.05) is 24.3 Å². The molecule has 2 atom stereocenters. The smallest absolute Gasteiger partial charge is 0.257 e. The van der Waals surface area contributed by atoms with E-state index in [1.54, 1.807) is 35.8 Å². The van der Waals surface area contributed by atoms with Crippen molar-refractivity contribution < 1.29 is 14.0 Å². The third kappa shape index (κ3) is 2.51. The number of carbonyl (C=O) groups is 2. The fourth-order valence-electron chi connectivity index (χ4n) is 4.90. The number of anilines is 1. The molecule has 2 aromatic carbocycles. The van der Waals surface area contributed by atoms with Gasteiger partial charge < -0.3 is 10.2 Å². The van der Waals surface area contributed by atoms with Gasteiger partial charge in [0, 0.05) is 31.0 Å². The zero-order valence-electron chi connectivity index (χ0n) is 16.7. The van der Waals surface area contributed by atoms with E-state index in [2.05, 4.69) is 10.4 Å². The van der Waals surface area contributed by atoms with E-state index < -0.39 is 23.2 Å². The van der Waals surface area contributed by atoms with E-state index in [-0.39, 0.29) is 11.5 Å². The van der Waals surface area contributed by atoms with Crippen LogP contribution in [0.1, 0.15) is 39.5 Å². The van der Waals surface area contributed by atoms with Gasteiger partial charge in [-0.25, -0.2) is 4.39 Å². The molecule has 7 heteroatoms. The summed E-state index contributed by atoms with van der Waals surface area (Å²) in [6, 6.07) is 11.6. The molecule has 0 radical (unpaired) electrons. The molecule has 152 valence electrons. The van der Waals surface area contributed by atoms with Crippen LogP contribution in [0.15, 0.2) is 54.9 Å². The molecule has 2 aliphatic heterocycles. The van der Waals surface area contributed by atoms with Crippen molar-refractivity contribution >= 4 is 17.5 Å². The Kier molecular flexibility index (Phi) is 4.03. The number of hydrogen-bond acceptors (Lipinski definition) is 3. The molecule has 1 N–H and O–H groups in total. The molecule has 2 amide bonds. The van der Waals surface area contributed by atoms with E-state index in [9.17, 15) is 14.0 Å². The molecule has 6 nitrogen and oxygen atoms in total. The molecule has 30 heavy (non-hydrogen) atoms. The van der Waals surface area contributed by atoms with Crippen LogP contribution in [0.5, 0.6) is 0 Å². The van der Waals surface area contributed by atoms with E-state index in [0.717, 1.165) is 22.4 Å². The van der Waals surface area contributed by atoms with Crippen LogP contribution in [0.4, 0.5) is 10.1 Å². The first-order valence-electron chi connectivity index (χ1n) is 9.88. The van der Waals surface area contributed by atoms with Crippen LogP contribution in [0, 0.1) is 12.7 Å². The van der Waals surface area contributed by atoms with Crippen LogP contribution in [0.2, 0.25) is 0 Å². The van der Waals surface area contributed by atoms with Gasteiger partial charge >= 0.3 is 0 Å². The number of nitrogens with one attached hydrogen (secondary N) is 1. The number of likely N-dealkylation sites (tertiary alicyclic amines) is 1. The van der Waals surface area contributed by atoms with Crippen LogP contribution in [-0.4, -0.2) is 33.0 Å². The van der Waals surface area contributed by atoms with Gasteiger partial charge in [-0.15, -0.1) is 0 Å². The molecule has 0 bridgehead atoms. The fraction of sp³-hybridized carbons (Fsp3) is 0.261. The number of para-hydroxylation sites is 1. The average molecular weight is 404 g/mol. The lowest BCUT2D eigenvalue weighted by atomic mass is 9.73. The number of aromatic nitrogens is 2. The Morgan fingerprint density at radius 2 is 2.07 bits per heavy atom. The highest BCUT2D eigenvalue weighted by atomic mass is 19.1. The number of aryl methyl sites for hydroxylation is 2. The van der Waals surface area contributed by atoms with Crippen LogP contribution >= 0.6 is 0 Å². The third-order valence-electron chi connectivity index (χ3n) is 6.24. The lowest BCUT2D eigenvalue weighted by molar-refractivity contribution is -0.121. The molecule has 2 unspecified atom stereocenters. The van der Waals surface area contributed by atoms with Crippen molar-refractivity contribution in [2.24, 2.45) is 7.05 Å². The normalized spacial score (nSPS) is 22.4. The van der Waals surface area contributed by atoms with Gasteiger partial charge in [0.15, 0.2) is 0 Å². The van der Waals surface area contributed by atoms with E-state index in [0.29, 0.717) is 13.0 Å². The zero-order valence-corrected chi connectivity index (χ0v) is 16.7. The number of fused-ring (bicyclic) bond motifs is 2. The molecule has 1 spiro atoms. The topological polar surface area (TPSA) is 67.2 Å². The van der Waals surface area contributed by atoms with Gasteiger partial charge in [-0.2, -0.15) is 5.10 Å². The first-order valence-corrected chi connectivity index (χ1v) is 9.88. The van der Waals surface area contributed by atoms with Crippen molar-refractivity contribution in [1.29, 1.82) is 0 Å². The highest BCUT2D eigenvalue weighted by Gasteiger charge is 2.59. The second kappa shape index (κ2) is 6.52. The number of hydrogen-bond donors (Lipinski definition) is 1. The summed E-state index contributed by atoms with van der Waals surface area (Å²) in [6.07, 6.45) is 3.95. The molecule has 0 aliphatic carbocycles. The third-order valence-corrected chi connectivity index (χ3v) is 6.24. The molecule has 3 heterocycles. The van der Waals surface area contributed by atoms with Crippen molar-refractivity contribution in [2.45, 2.75) is 24.8 Å². The first kappa shape index (κ1) is 18.5. The molecule has 1 fully saturated rings. The quantitative estimate of drug-likeness (QED) is 0.712. The van der Waals surface area contributed by atoms with Crippen LogP contribution in [-0.2, 0) is 17.3 Å². The molecule has 0 saturated carbocycles. The lowest BCUT2D eigenvalue weighted by Gasteiger charge is -2.33. The van der Waals surface area contributed by atoms with Crippen molar-refractivity contribution in [2.75, 3.05) is 11.9 Å². The molecular weight excluding hydrogens is 383 g/mol. The second-order valence-electron chi connectivity index (χ2n) is 8.05. The maximum Gasteiger partial charge on any atom is 0.257 e. The van der Waals surface area contributed by atoms with Gasteiger partial charge in [0.1, 0.15) is 11.2 Å². The van der Waals surface area contributed by atoms with Crippen LogP contribution < -0.4 is 5.32 Å².